The Hall–Kier alpha value is -1.88. The molecule has 2 aromatic rings. The molecule has 22 heavy (non-hydrogen) atoms. The molecule has 2 aromatic carbocycles. The second kappa shape index (κ2) is 7.40. The Morgan fingerprint density at radius 1 is 1.14 bits per heavy atom. The summed E-state index contributed by atoms with van der Waals surface area (Å²) in [4.78, 5) is 14.4. The maximum Gasteiger partial charge on any atom is 0.288 e. The van der Waals surface area contributed by atoms with E-state index in [9.17, 15) is 13.6 Å². The van der Waals surface area contributed by atoms with Crippen molar-refractivity contribution < 1.29 is 13.6 Å². The second-order valence-corrected chi connectivity index (χ2v) is 6.05. The van der Waals surface area contributed by atoms with Crippen LogP contribution in [0.15, 0.2) is 53.4 Å². The van der Waals surface area contributed by atoms with Crippen molar-refractivity contribution in [1.82, 2.24) is 4.90 Å². The Morgan fingerprint density at radius 3 is 2.36 bits per heavy atom. The van der Waals surface area contributed by atoms with Gasteiger partial charge < -0.3 is 4.90 Å². The highest BCUT2D eigenvalue weighted by Crippen LogP contribution is 2.25. The van der Waals surface area contributed by atoms with E-state index in [0.717, 1.165) is 11.1 Å². The number of benzene rings is 2. The van der Waals surface area contributed by atoms with Crippen LogP contribution in [0.25, 0.3) is 0 Å². The number of aryl methyl sites for hydroxylation is 1. The predicted octanol–water partition coefficient (Wildman–Crippen LogP) is 4.58. The third kappa shape index (κ3) is 4.31. The molecule has 0 atom stereocenters. The predicted molar refractivity (Wildman–Crippen MR) is 85.3 cm³/mol. The molecule has 116 valence electrons. The van der Waals surface area contributed by atoms with Gasteiger partial charge in [-0.25, -0.2) is 0 Å². The van der Waals surface area contributed by atoms with Crippen molar-refractivity contribution in [2.24, 2.45) is 0 Å². The number of hydrogen-bond acceptors (Lipinski definition) is 2. The molecule has 2 nitrogen and oxygen atoms in total. The Bertz CT molecular complexity index is 643. The number of alkyl halides is 2. The molecule has 0 heterocycles. The van der Waals surface area contributed by atoms with E-state index < -0.39 is 5.76 Å². The van der Waals surface area contributed by atoms with Crippen LogP contribution in [0.1, 0.15) is 21.5 Å². The molecule has 0 aliphatic rings. The van der Waals surface area contributed by atoms with Gasteiger partial charge in [0.2, 0.25) is 0 Å². The summed E-state index contributed by atoms with van der Waals surface area (Å²) in [6, 6.07) is 14.2. The van der Waals surface area contributed by atoms with E-state index in [2.05, 4.69) is 0 Å². The monoisotopic (exact) mass is 321 g/mol. The SMILES string of the molecule is Cc1ccccc1CN(C)C(=O)c1ccc(SC(F)F)cc1. The van der Waals surface area contributed by atoms with Crippen LogP contribution in [-0.4, -0.2) is 23.6 Å². The van der Waals surface area contributed by atoms with Gasteiger partial charge in [-0.2, -0.15) is 8.78 Å². The minimum absolute atomic E-state index is 0.128. The zero-order valence-corrected chi connectivity index (χ0v) is 13.2. The Kier molecular flexibility index (Phi) is 5.55. The van der Waals surface area contributed by atoms with Crippen molar-refractivity contribution in [3.63, 3.8) is 0 Å². The van der Waals surface area contributed by atoms with Gasteiger partial charge in [0.1, 0.15) is 0 Å². The molecule has 0 radical (unpaired) electrons. The largest absolute Gasteiger partial charge is 0.337 e. The normalized spacial score (nSPS) is 10.8. The summed E-state index contributed by atoms with van der Waals surface area (Å²) >= 11 is 0.474. The number of nitrogens with zero attached hydrogens (tertiary/aromatic N) is 1. The number of halogens is 2. The summed E-state index contributed by atoms with van der Waals surface area (Å²) in [6.45, 7) is 2.52. The molecule has 2 rings (SSSR count). The van der Waals surface area contributed by atoms with Crippen LogP contribution in [0.2, 0.25) is 0 Å². The summed E-state index contributed by atoms with van der Waals surface area (Å²) in [5.41, 5.74) is 2.71. The van der Waals surface area contributed by atoms with Crippen LogP contribution in [0.3, 0.4) is 0 Å². The third-order valence-electron chi connectivity index (χ3n) is 3.34. The first kappa shape index (κ1) is 16.5. The van der Waals surface area contributed by atoms with Gasteiger partial charge in [-0.3, -0.25) is 4.79 Å². The van der Waals surface area contributed by atoms with E-state index in [1.165, 1.54) is 0 Å². The number of thioether (sulfide) groups is 1. The first-order chi connectivity index (χ1) is 10.5. The lowest BCUT2D eigenvalue weighted by molar-refractivity contribution is 0.0785. The number of amides is 1. The lowest BCUT2D eigenvalue weighted by Crippen LogP contribution is -2.26. The topological polar surface area (TPSA) is 20.3 Å². The molecule has 1 amide bonds. The number of rotatable bonds is 5. The summed E-state index contributed by atoms with van der Waals surface area (Å²) in [5.74, 6) is -2.58. The molecule has 0 spiro atoms. The molecular weight excluding hydrogens is 304 g/mol. The van der Waals surface area contributed by atoms with Gasteiger partial charge >= 0.3 is 0 Å². The van der Waals surface area contributed by atoms with Gasteiger partial charge in [-0.05, 0) is 42.3 Å². The van der Waals surface area contributed by atoms with E-state index in [4.69, 9.17) is 0 Å². The minimum atomic E-state index is -2.45. The lowest BCUT2D eigenvalue weighted by atomic mass is 10.1. The van der Waals surface area contributed by atoms with Gasteiger partial charge in [0.05, 0.1) is 0 Å². The fraction of sp³-hybridized carbons (Fsp3) is 0.235. The molecule has 0 saturated heterocycles. The van der Waals surface area contributed by atoms with Gasteiger partial charge in [-0.1, -0.05) is 36.0 Å². The standard InChI is InChI=1S/C17H17F2NOS/c1-12-5-3-4-6-14(12)11-20(2)16(21)13-7-9-15(10-8-13)22-17(18)19/h3-10,17H,11H2,1-2H3. The van der Waals surface area contributed by atoms with Crippen molar-refractivity contribution in [1.29, 1.82) is 0 Å². The van der Waals surface area contributed by atoms with Gasteiger partial charge in [0, 0.05) is 24.1 Å². The first-order valence-corrected chi connectivity index (χ1v) is 7.70. The summed E-state index contributed by atoms with van der Waals surface area (Å²) in [5, 5.41) is 0. The zero-order chi connectivity index (χ0) is 16.1. The van der Waals surface area contributed by atoms with E-state index in [1.807, 2.05) is 31.2 Å². The van der Waals surface area contributed by atoms with Crippen LogP contribution in [0, 0.1) is 6.92 Å². The zero-order valence-electron chi connectivity index (χ0n) is 12.4. The van der Waals surface area contributed by atoms with Crippen LogP contribution in [0.5, 0.6) is 0 Å². The molecule has 0 aliphatic heterocycles. The molecule has 0 bridgehead atoms. The number of carbonyl (C=O) groups excluding carboxylic acids is 1. The highest BCUT2D eigenvalue weighted by molar-refractivity contribution is 7.99. The van der Waals surface area contributed by atoms with Crippen molar-refractivity contribution >= 4 is 17.7 Å². The van der Waals surface area contributed by atoms with Crippen LogP contribution >= 0.6 is 11.8 Å². The van der Waals surface area contributed by atoms with E-state index in [-0.39, 0.29) is 5.91 Å². The first-order valence-electron chi connectivity index (χ1n) is 6.82. The van der Waals surface area contributed by atoms with Crippen LogP contribution in [-0.2, 0) is 6.54 Å². The molecule has 0 unspecified atom stereocenters. The molecule has 0 aliphatic carbocycles. The average molecular weight is 321 g/mol. The smallest absolute Gasteiger partial charge is 0.288 e. The molecule has 0 aromatic heterocycles. The maximum absolute atomic E-state index is 12.4. The van der Waals surface area contributed by atoms with Crippen molar-refractivity contribution in [3.8, 4) is 0 Å². The van der Waals surface area contributed by atoms with Crippen LogP contribution < -0.4 is 0 Å². The molecular formula is C17H17F2NOS. The number of hydrogen-bond donors (Lipinski definition) is 0. The summed E-state index contributed by atoms with van der Waals surface area (Å²) < 4.78 is 24.6. The van der Waals surface area contributed by atoms with Gasteiger partial charge in [-0.15, -0.1) is 0 Å². The highest BCUT2D eigenvalue weighted by atomic mass is 32.2. The van der Waals surface area contributed by atoms with E-state index >= 15 is 0 Å². The fourth-order valence-electron chi connectivity index (χ4n) is 2.11. The third-order valence-corrected chi connectivity index (χ3v) is 4.06. The maximum atomic E-state index is 12.4. The minimum Gasteiger partial charge on any atom is -0.337 e. The fourth-order valence-corrected chi connectivity index (χ4v) is 2.61. The van der Waals surface area contributed by atoms with Crippen molar-refractivity contribution in [3.05, 3.63) is 65.2 Å². The lowest BCUT2D eigenvalue weighted by Gasteiger charge is -2.18. The quantitative estimate of drug-likeness (QED) is 0.751. The molecule has 0 saturated carbocycles. The van der Waals surface area contributed by atoms with Crippen molar-refractivity contribution in [2.75, 3.05) is 7.05 Å². The molecule has 5 heteroatoms. The Labute approximate surface area is 133 Å². The van der Waals surface area contributed by atoms with Gasteiger partial charge in [0.15, 0.2) is 0 Å². The highest BCUT2D eigenvalue weighted by Gasteiger charge is 2.13. The number of carbonyl (C=O) groups is 1. The van der Waals surface area contributed by atoms with Crippen molar-refractivity contribution in [2.45, 2.75) is 24.1 Å². The van der Waals surface area contributed by atoms with E-state index in [0.29, 0.717) is 28.8 Å². The van der Waals surface area contributed by atoms with Gasteiger partial charge in [0.25, 0.3) is 11.7 Å². The average Bonchev–Trinajstić information content (AvgIpc) is 2.49. The summed E-state index contributed by atoms with van der Waals surface area (Å²) in [6.07, 6.45) is 0. The Balaban J connectivity index is 2.06. The summed E-state index contributed by atoms with van der Waals surface area (Å²) in [7, 11) is 1.73. The molecule has 0 fully saturated rings. The molecule has 0 N–H and O–H groups in total. The van der Waals surface area contributed by atoms with Crippen LogP contribution in [0.4, 0.5) is 8.78 Å². The second-order valence-electron chi connectivity index (χ2n) is 4.99. The Morgan fingerprint density at radius 2 is 1.77 bits per heavy atom. The van der Waals surface area contributed by atoms with E-state index in [1.54, 1.807) is 36.2 Å².